The van der Waals surface area contributed by atoms with Crippen LogP contribution >= 0.6 is 0 Å². The monoisotopic (exact) mass is 1380 g/mol. The molecule has 0 aliphatic carbocycles. The van der Waals surface area contributed by atoms with Crippen molar-refractivity contribution in [1.29, 1.82) is 0 Å². The van der Waals surface area contributed by atoms with Gasteiger partial charge in [-0.2, -0.15) is 5.21 Å². The van der Waals surface area contributed by atoms with E-state index in [2.05, 4.69) is 93.8 Å². The minimum Gasteiger partial charge on any atom is -0.494 e. The number of imidazole rings is 1. The van der Waals surface area contributed by atoms with Gasteiger partial charge in [0, 0.05) is 62.6 Å². The summed E-state index contributed by atoms with van der Waals surface area (Å²) in [6, 6.07) is 6.89. The van der Waals surface area contributed by atoms with Crippen molar-refractivity contribution >= 4 is 65.0 Å². The van der Waals surface area contributed by atoms with Crippen molar-refractivity contribution in [2.24, 2.45) is 10.5 Å². The molecule has 0 spiro atoms. The Labute approximate surface area is 567 Å². The minimum atomic E-state index is -2.37. The zero-order valence-electron chi connectivity index (χ0n) is 55.5. The smallest absolute Gasteiger partial charge is 0.305 e. The number of nitrogens with one attached hydrogen (secondary N) is 12. The number of aliphatic hydroxyl groups excluding tert-OH is 3. The van der Waals surface area contributed by atoms with Gasteiger partial charge in [-0.05, 0) is 105 Å². The Morgan fingerprint density at radius 2 is 1.40 bits per heavy atom. The first kappa shape index (κ1) is 78.7. The third-order valence-corrected chi connectivity index (χ3v) is 15.6. The number of carboxylic acid groups (broad SMARTS) is 1. The van der Waals surface area contributed by atoms with E-state index in [0.29, 0.717) is 55.8 Å². The summed E-state index contributed by atoms with van der Waals surface area (Å²) < 4.78 is 21.3. The molecule has 9 atom stereocenters. The Morgan fingerprint density at radius 3 is 2.02 bits per heavy atom. The topological polar surface area (TPSA) is 530 Å². The van der Waals surface area contributed by atoms with Crippen molar-refractivity contribution < 1.29 is 82.3 Å². The van der Waals surface area contributed by atoms with Crippen LogP contribution in [0, 0.1) is 11.2 Å². The minimum absolute atomic E-state index is 0.0587. The SMILES string of the molecule is CCc1cc(OCCCCN=[N+]=[N-])ccc1-c1ccc(C[C@H](NC(=O)[C@H](CC(=O)O)NC(=O)[C@H](CO)NC(=O)[C@@H](NC(=O)[C@](C)(Cc2ccccc2F)NC(=O)[C@@H](NC(=O)CNC(=O)[C@H](Cc2nn[nH]n2)NC(=O)C(C)(C)C(=O)NCCc2cnc[nH]2)[C@@H](C)O)[C@@H](C)O)C(=O)NC)cc1. The summed E-state index contributed by atoms with van der Waals surface area (Å²) in [5.74, 6) is -12.8. The molecule has 0 aliphatic rings. The van der Waals surface area contributed by atoms with Crippen LogP contribution in [0.5, 0.6) is 5.75 Å². The number of carbonyl (C=O) groups is 11. The molecule has 5 aromatic rings. The number of carbonyl (C=O) groups excluding carboxylic acids is 10. The lowest BCUT2D eigenvalue weighted by Crippen LogP contribution is -2.67. The fourth-order valence-corrected chi connectivity index (χ4v) is 9.81. The van der Waals surface area contributed by atoms with E-state index in [1.807, 2.05) is 37.3 Å². The molecule has 0 bridgehead atoms. The van der Waals surface area contributed by atoms with Crippen LogP contribution in [0.3, 0.4) is 0 Å². The number of aromatic nitrogens is 6. The van der Waals surface area contributed by atoms with Gasteiger partial charge in [-0.1, -0.05) is 65.8 Å². The van der Waals surface area contributed by atoms with Gasteiger partial charge in [0.15, 0.2) is 5.82 Å². The normalized spacial score (nSPS) is 14.2. The van der Waals surface area contributed by atoms with Crippen molar-refractivity contribution in [3.8, 4) is 16.9 Å². The molecule has 5 rings (SSSR count). The second-order valence-electron chi connectivity index (χ2n) is 23.7. The first-order valence-electron chi connectivity index (χ1n) is 31.4. The number of nitrogens with zero attached hydrogens (tertiary/aromatic N) is 7. The number of halogens is 1. The Balaban J connectivity index is 1.25. The second-order valence-corrected chi connectivity index (χ2v) is 23.7. The lowest BCUT2D eigenvalue weighted by atomic mass is 9.90. The van der Waals surface area contributed by atoms with Gasteiger partial charge in [0.25, 0.3) is 0 Å². The van der Waals surface area contributed by atoms with Gasteiger partial charge in [0.2, 0.25) is 59.1 Å². The number of aryl methyl sites for hydroxylation is 1. The highest BCUT2D eigenvalue weighted by Crippen LogP contribution is 2.29. The third-order valence-electron chi connectivity index (χ3n) is 15.6. The highest BCUT2D eigenvalue weighted by Gasteiger charge is 2.43. The van der Waals surface area contributed by atoms with Crippen LogP contribution < -0.4 is 57.9 Å². The van der Waals surface area contributed by atoms with Crippen molar-refractivity contribution in [2.45, 2.75) is 147 Å². The molecule has 99 heavy (non-hydrogen) atoms. The Bertz CT molecular complexity index is 3650. The van der Waals surface area contributed by atoms with Crippen molar-refractivity contribution in [2.75, 3.05) is 39.9 Å². The van der Waals surface area contributed by atoms with Gasteiger partial charge in [-0.3, -0.25) is 52.7 Å². The maximum absolute atomic E-state index is 15.4. The fraction of sp³-hybridized carbons (Fsp3) is 0.476. The summed E-state index contributed by atoms with van der Waals surface area (Å²) in [5.41, 5.74) is 8.17. The Kier molecular flexibility index (Phi) is 30.3. The maximum atomic E-state index is 15.4. The van der Waals surface area contributed by atoms with Gasteiger partial charge < -0.3 is 83.3 Å². The molecule has 16 N–H and O–H groups in total. The molecule has 0 aliphatic heterocycles. The molecule has 3 aromatic carbocycles. The van der Waals surface area contributed by atoms with Gasteiger partial charge in [0.05, 0.1) is 44.7 Å². The summed E-state index contributed by atoms with van der Waals surface area (Å²) in [6.07, 6.45) is -0.521. The Morgan fingerprint density at radius 1 is 0.737 bits per heavy atom. The number of tetrazole rings is 1. The lowest BCUT2D eigenvalue weighted by molar-refractivity contribution is -0.143. The average Bonchev–Trinajstić information content (AvgIpc) is 1.30. The van der Waals surface area contributed by atoms with Crippen molar-refractivity contribution in [1.82, 2.24) is 83.8 Å². The van der Waals surface area contributed by atoms with Crippen molar-refractivity contribution in [3.63, 3.8) is 0 Å². The summed E-state index contributed by atoms with van der Waals surface area (Å²) >= 11 is 0. The van der Waals surface area contributed by atoms with E-state index in [9.17, 15) is 73.2 Å². The second kappa shape index (κ2) is 38.1. The number of benzene rings is 3. The molecule has 2 aromatic heterocycles. The third kappa shape index (κ3) is 24.0. The maximum Gasteiger partial charge on any atom is 0.305 e. The highest BCUT2D eigenvalue weighted by atomic mass is 19.1. The van der Waals surface area contributed by atoms with Crippen LogP contribution in [0.25, 0.3) is 21.6 Å². The van der Waals surface area contributed by atoms with Gasteiger partial charge in [-0.15, -0.1) is 10.2 Å². The number of hydrogen-bond acceptors (Lipinski definition) is 20. The fourth-order valence-electron chi connectivity index (χ4n) is 9.81. The molecule has 2 heterocycles. The van der Waals surface area contributed by atoms with E-state index in [1.54, 1.807) is 18.3 Å². The van der Waals surface area contributed by atoms with E-state index < -0.39 is 163 Å². The molecule has 0 saturated carbocycles. The number of ether oxygens (including phenoxy) is 1. The zero-order chi connectivity index (χ0) is 73.0. The predicted molar refractivity (Wildman–Crippen MR) is 349 cm³/mol. The molecule has 35 nitrogen and oxygen atoms in total. The molecule has 0 unspecified atom stereocenters. The number of amides is 10. The van der Waals surface area contributed by atoms with Gasteiger partial charge in [0.1, 0.15) is 58.8 Å². The highest BCUT2D eigenvalue weighted by molar-refractivity contribution is 6.06. The summed E-state index contributed by atoms with van der Waals surface area (Å²) in [7, 11) is 1.30. The summed E-state index contributed by atoms with van der Waals surface area (Å²) in [4.78, 5) is 159. The first-order chi connectivity index (χ1) is 47.0. The number of H-pyrrole nitrogens is 2. The number of rotatable bonds is 40. The number of hydrogen-bond donors (Lipinski definition) is 16. The number of carboxylic acids is 1. The van der Waals surface area contributed by atoms with Crippen LogP contribution in [-0.4, -0.2) is 210 Å². The van der Waals surface area contributed by atoms with E-state index in [0.717, 1.165) is 43.5 Å². The molecule has 534 valence electrons. The van der Waals surface area contributed by atoms with E-state index in [4.69, 9.17) is 10.3 Å². The molecular formula is C63H84FN19O16. The van der Waals surface area contributed by atoms with Crippen LogP contribution in [0.4, 0.5) is 4.39 Å². The molecular weight excluding hydrogens is 1300 g/mol. The number of aliphatic hydroxyl groups is 3. The van der Waals surface area contributed by atoms with Crippen LogP contribution in [0.15, 0.2) is 84.4 Å². The van der Waals surface area contributed by atoms with Crippen LogP contribution in [-0.2, 0) is 84.8 Å². The average molecular weight is 1380 g/mol. The molecule has 36 heteroatoms. The predicted octanol–water partition coefficient (Wildman–Crippen LogP) is -1.95. The van der Waals surface area contributed by atoms with Gasteiger partial charge >= 0.3 is 5.97 Å². The zero-order valence-corrected chi connectivity index (χ0v) is 55.5. The van der Waals surface area contributed by atoms with E-state index >= 15 is 4.39 Å². The standard InChI is InChI=1S/C63H84FN19O16/c1-8-37-26-41(99-24-12-11-22-71-81-65)19-20-42(37)38-17-15-36(16-18-38)25-44(53(90)66-7)72-55(92)46(28-50(88)89)73-56(93)47(32-84)74-57(94)51(34(2)85)77-61(98)63(6,29-39-13-9-10-14-43(39)64)78-58(95)52(35(3)86)76-49(87)31-69-54(91)45(27-48-79-82-83-80-48)75-60(97)62(4,5)59(96)68-23-21-40-30-67-33-70-40/h9-10,13-20,26,30,33-35,44-47,51-52,84-86H,8,11-12,21-25,27-29,31-32H2,1-7H3,(H,66,90)(H,67,70)(H,68,96)(H,69,91)(H,72,92)(H,73,93)(H,74,94)(H,75,97)(H,76,87)(H,77,98)(H,78,95)(H,88,89)(H,79,80,82,83)/t34-,35-,44+,45+,46+,47+,51+,52+,63+/m1/s1. The van der Waals surface area contributed by atoms with E-state index in [-0.39, 0.29) is 24.4 Å². The largest absolute Gasteiger partial charge is 0.494 e. The molecule has 0 saturated heterocycles. The number of aromatic amines is 2. The lowest BCUT2D eigenvalue weighted by Gasteiger charge is -2.34. The first-order valence-corrected chi connectivity index (χ1v) is 31.4. The quantitative estimate of drug-likeness (QED) is 0.00666. The van der Waals surface area contributed by atoms with Crippen LogP contribution in [0.2, 0.25) is 0 Å². The molecule has 0 fully saturated rings. The number of aliphatic carboxylic acids is 1. The van der Waals surface area contributed by atoms with E-state index in [1.165, 1.54) is 45.4 Å². The van der Waals surface area contributed by atoms with Crippen LogP contribution in [0.1, 0.15) is 89.0 Å². The molecule has 0 radical (unpaired) electrons. The summed E-state index contributed by atoms with van der Waals surface area (Å²) in [6.45, 7) is 6.56. The number of likely N-dealkylation sites (N-methyl/N-ethyl adjacent to an activating group) is 1. The molecule has 10 amide bonds. The number of unbranched alkanes of at least 4 members (excludes halogenated alkanes) is 1. The Hall–Kier alpha value is -11.0. The van der Waals surface area contributed by atoms with Gasteiger partial charge in [-0.25, -0.2) is 9.37 Å². The summed E-state index contributed by atoms with van der Waals surface area (Å²) in [5, 5.41) is 82.3. The number of azide groups is 1. The van der Waals surface area contributed by atoms with Crippen molar-refractivity contribution in [3.05, 3.63) is 124 Å².